The van der Waals surface area contributed by atoms with Crippen LogP contribution in [0.3, 0.4) is 0 Å². The molecular formula is C24H39NO. The molecule has 1 aromatic carbocycles. The highest BCUT2D eigenvalue weighted by molar-refractivity contribution is 5.27. The van der Waals surface area contributed by atoms with E-state index in [4.69, 9.17) is 4.74 Å². The highest BCUT2D eigenvalue weighted by atomic mass is 16.5. The number of hydrogen-bond donors (Lipinski definition) is 1. The summed E-state index contributed by atoms with van der Waals surface area (Å²) in [6, 6.07) is 9.26. The zero-order valence-corrected chi connectivity index (χ0v) is 17.8. The van der Waals surface area contributed by atoms with E-state index in [2.05, 4.69) is 71.1 Å². The molecule has 2 saturated carbocycles. The third kappa shape index (κ3) is 4.63. The first-order valence-electron chi connectivity index (χ1n) is 10.6. The summed E-state index contributed by atoms with van der Waals surface area (Å²) < 4.78 is 5.92. The summed E-state index contributed by atoms with van der Waals surface area (Å²) in [5, 5.41) is 3.85. The maximum atomic E-state index is 5.92. The maximum Gasteiger partial charge on any atom is 0.120 e. The number of nitrogens with one attached hydrogen (secondary N) is 1. The first-order chi connectivity index (χ1) is 12.1. The van der Waals surface area contributed by atoms with Gasteiger partial charge in [0.1, 0.15) is 11.4 Å². The van der Waals surface area contributed by atoms with Gasteiger partial charge >= 0.3 is 0 Å². The van der Waals surface area contributed by atoms with Crippen molar-refractivity contribution < 1.29 is 4.74 Å². The molecule has 3 rings (SSSR count). The van der Waals surface area contributed by atoms with Crippen molar-refractivity contribution in [3.63, 3.8) is 0 Å². The molecule has 0 saturated heterocycles. The van der Waals surface area contributed by atoms with Gasteiger partial charge in [0.25, 0.3) is 0 Å². The molecule has 0 bridgehead atoms. The van der Waals surface area contributed by atoms with Crippen LogP contribution in [0.5, 0.6) is 5.75 Å². The SMILES string of the molecule is CC(C)(C)Oc1ccc(CNC2CCC3C(C)(C)CCCC3(C)C2)cc1. The topological polar surface area (TPSA) is 21.3 Å². The Labute approximate surface area is 161 Å². The number of fused-ring (bicyclic) bond motifs is 1. The number of benzene rings is 1. The van der Waals surface area contributed by atoms with Gasteiger partial charge in [0.15, 0.2) is 0 Å². The van der Waals surface area contributed by atoms with Gasteiger partial charge in [-0.25, -0.2) is 0 Å². The van der Waals surface area contributed by atoms with E-state index in [-0.39, 0.29) is 5.60 Å². The normalized spacial score (nSPS) is 31.3. The lowest BCUT2D eigenvalue weighted by Gasteiger charge is -2.55. The second-order valence-corrected chi connectivity index (χ2v) is 10.8. The fraction of sp³-hybridized carbons (Fsp3) is 0.750. The minimum atomic E-state index is -0.137. The van der Waals surface area contributed by atoms with Crippen molar-refractivity contribution in [3.8, 4) is 5.75 Å². The quantitative estimate of drug-likeness (QED) is 0.679. The molecule has 0 aliphatic heterocycles. The van der Waals surface area contributed by atoms with Crippen LogP contribution in [-0.4, -0.2) is 11.6 Å². The zero-order chi connectivity index (χ0) is 19.0. The number of hydrogen-bond acceptors (Lipinski definition) is 2. The number of rotatable bonds is 4. The fourth-order valence-corrected chi connectivity index (χ4v) is 5.72. The summed E-state index contributed by atoms with van der Waals surface area (Å²) >= 11 is 0. The Bertz CT molecular complexity index is 598. The lowest BCUT2D eigenvalue weighted by molar-refractivity contribution is -0.0417. The molecule has 2 fully saturated rings. The van der Waals surface area contributed by atoms with Crippen LogP contribution in [0.25, 0.3) is 0 Å². The monoisotopic (exact) mass is 357 g/mol. The average molecular weight is 358 g/mol. The molecule has 0 aromatic heterocycles. The smallest absolute Gasteiger partial charge is 0.120 e. The maximum absolute atomic E-state index is 5.92. The summed E-state index contributed by atoms with van der Waals surface area (Å²) in [6.07, 6.45) is 8.29. The molecule has 1 N–H and O–H groups in total. The van der Waals surface area contributed by atoms with Gasteiger partial charge in [-0.2, -0.15) is 0 Å². The van der Waals surface area contributed by atoms with Crippen molar-refractivity contribution in [2.24, 2.45) is 16.7 Å². The second-order valence-electron chi connectivity index (χ2n) is 10.8. The van der Waals surface area contributed by atoms with E-state index in [1.54, 1.807) is 0 Å². The van der Waals surface area contributed by atoms with Gasteiger partial charge in [0, 0.05) is 12.6 Å². The molecule has 3 atom stereocenters. The molecule has 0 radical (unpaired) electrons. The van der Waals surface area contributed by atoms with Gasteiger partial charge < -0.3 is 10.1 Å². The predicted octanol–water partition coefficient (Wildman–Crippen LogP) is 6.34. The lowest BCUT2D eigenvalue weighted by Crippen LogP contribution is -2.50. The van der Waals surface area contributed by atoms with Gasteiger partial charge in [-0.15, -0.1) is 0 Å². The van der Waals surface area contributed by atoms with E-state index in [1.165, 1.54) is 44.1 Å². The third-order valence-corrected chi connectivity index (χ3v) is 6.81. The van der Waals surface area contributed by atoms with Crippen molar-refractivity contribution in [2.75, 3.05) is 0 Å². The Morgan fingerprint density at radius 3 is 2.38 bits per heavy atom. The van der Waals surface area contributed by atoms with Crippen LogP contribution in [0.1, 0.15) is 85.6 Å². The van der Waals surface area contributed by atoms with Crippen molar-refractivity contribution >= 4 is 0 Å². The van der Waals surface area contributed by atoms with Gasteiger partial charge in [0.2, 0.25) is 0 Å². The Balaban J connectivity index is 1.54. The molecule has 146 valence electrons. The molecule has 2 aliphatic rings. The second kappa shape index (κ2) is 7.19. The van der Waals surface area contributed by atoms with E-state index in [0.29, 0.717) is 16.9 Å². The van der Waals surface area contributed by atoms with E-state index in [9.17, 15) is 0 Å². The lowest BCUT2D eigenvalue weighted by atomic mass is 9.51. The predicted molar refractivity (Wildman–Crippen MR) is 111 cm³/mol. The van der Waals surface area contributed by atoms with E-state index in [1.807, 2.05) is 0 Å². The Hall–Kier alpha value is -1.02. The van der Waals surface area contributed by atoms with Gasteiger partial charge in [-0.3, -0.25) is 0 Å². The summed E-state index contributed by atoms with van der Waals surface area (Å²) in [7, 11) is 0. The Morgan fingerprint density at radius 1 is 1.04 bits per heavy atom. The molecule has 0 amide bonds. The van der Waals surface area contributed by atoms with E-state index in [0.717, 1.165) is 18.2 Å². The van der Waals surface area contributed by atoms with Crippen LogP contribution in [0.15, 0.2) is 24.3 Å². The molecular weight excluding hydrogens is 318 g/mol. The molecule has 1 aromatic rings. The summed E-state index contributed by atoms with van der Waals surface area (Å²) in [5.74, 6) is 1.86. The highest BCUT2D eigenvalue weighted by Gasteiger charge is 2.49. The first kappa shape index (κ1) is 19.7. The summed E-state index contributed by atoms with van der Waals surface area (Å²) in [4.78, 5) is 0. The van der Waals surface area contributed by atoms with Crippen LogP contribution in [0, 0.1) is 16.7 Å². The van der Waals surface area contributed by atoms with Gasteiger partial charge in [-0.05, 0) is 87.3 Å². The van der Waals surface area contributed by atoms with Crippen LogP contribution >= 0.6 is 0 Å². The van der Waals surface area contributed by atoms with Crippen LogP contribution in [0.4, 0.5) is 0 Å². The fourth-order valence-electron chi connectivity index (χ4n) is 5.72. The van der Waals surface area contributed by atoms with Crippen LogP contribution < -0.4 is 10.1 Å². The van der Waals surface area contributed by atoms with Crippen molar-refractivity contribution in [1.82, 2.24) is 5.32 Å². The molecule has 0 heterocycles. The Morgan fingerprint density at radius 2 is 1.73 bits per heavy atom. The molecule has 26 heavy (non-hydrogen) atoms. The van der Waals surface area contributed by atoms with Crippen LogP contribution in [0.2, 0.25) is 0 Å². The average Bonchev–Trinajstić information content (AvgIpc) is 2.51. The largest absolute Gasteiger partial charge is 0.488 e. The summed E-state index contributed by atoms with van der Waals surface area (Å²) in [5.41, 5.74) is 2.27. The highest BCUT2D eigenvalue weighted by Crippen LogP contribution is 2.57. The summed E-state index contributed by atoms with van der Waals surface area (Å²) in [6.45, 7) is 14.8. The van der Waals surface area contributed by atoms with Crippen molar-refractivity contribution in [2.45, 2.75) is 98.3 Å². The van der Waals surface area contributed by atoms with Crippen molar-refractivity contribution in [3.05, 3.63) is 29.8 Å². The molecule has 2 nitrogen and oxygen atoms in total. The van der Waals surface area contributed by atoms with Gasteiger partial charge in [0.05, 0.1) is 0 Å². The zero-order valence-electron chi connectivity index (χ0n) is 17.8. The first-order valence-corrected chi connectivity index (χ1v) is 10.6. The van der Waals surface area contributed by atoms with Crippen LogP contribution in [-0.2, 0) is 6.54 Å². The van der Waals surface area contributed by atoms with E-state index >= 15 is 0 Å². The minimum absolute atomic E-state index is 0.137. The van der Waals surface area contributed by atoms with Gasteiger partial charge in [-0.1, -0.05) is 39.3 Å². The Kier molecular flexibility index (Phi) is 5.45. The minimum Gasteiger partial charge on any atom is -0.488 e. The van der Waals surface area contributed by atoms with Crippen molar-refractivity contribution in [1.29, 1.82) is 0 Å². The van der Waals surface area contributed by atoms with E-state index < -0.39 is 0 Å². The molecule has 0 spiro atoms. The standard InChI is InChI=1S/C24H39NO/c1-22(2,3)26-20-11-8-18(9-12-20)17-25-19-10-13-21-23(4,5)14-7-15-24(21,6)16-19/h8-9,11-12,19,21,25H,7,10,13-17H2,1-6H3. The molecule has 2 heteroatoms. The molecule has 3 unspecified atom stereocenters. The molecule has 2 aliphatic carbocycles. The third-order valence-electron chi connectivity index (χ3n) is 6.81. The number of ether oxygens (including phenoxy) is 1.